The molecule has 30 heavy (non-hydrogen) atoms. The molecule has 1 fully saturated rings. The molecule has 2 aromatic carbocycles. The zero-order valence-corrected chi connectivity index (χ0v) is 18.4. The summed E-state index contributed by atoms with van der Waals surface area (Å²) in [7, 11) is 0. The molecule has 4 nitrogen and oxygen atoms in total. The van der Waals surface area contributed by atoms with Gasteiger partial charge in [-0.25, -0.2) is 4.39 Å². The summed E-state index contributed by atoms with van der Waals surface area (Å²) in [6.45, 7) is 6.45. The van der Waals surface area contributed by atoms with Crippen LogP contribution in [0.2, 0.25) is 0 Å². The van der Waals surface area contributed by atoms with Crippen molar-refractivity contribution in [2.75, 3.05) is 26.2 Å². The number of benzene rings is 2. The molecule has 0 aliphatic carbocycles. The zero-order valence-electron chi connectivity index (χ0n) is 17.6. The van der Waals surface area contributed by atoms with Gasteiger partial charge in [0.15, 0.2) is 0 Å². The third-order valence-corrected chi connectivity index (χ3v) is 6.91. The predicted molar refractivity (Wildman–Crippen MR) is 120 cm³/mol. The number of hydrogen-bond donors (Lipinski definition) is 0. The van der Waals surface area contributed by atoms with Crippen molar-refractivity contribution in [2.24, 2.45) is 5.92 Å². The topological polar surface area (TPSA) is 40.6 Å². The Balaban J connectivity index is 1.60. The second kappa shape index (κ2) is 10.6. The van der Waals surface area contributed by atoms with E-state index >= 15 is 0 Å². The molecule has 0 spiro atoms. The first-order valence-corrected chi connectivity index (χ1v) is 11.5. The SMILES string of the molecule is CC(C)C(SCc1ccccc1)C(=O)N1CCCN(C(=O)c2ccc(F)cc2)CC1. The van der Waals surface area contributed by atoms with E-state index in [4.69, 9.17) is 0 Å². The van der Waals surface area contributed by atoms with E-state index in [1.54, 1.807) is 16.7 Å². The van der Waals surface area contributed by atoms with Crippen molar-refractivity contribution in [1.29, 1.82) is 0 Å². The second-order valence-corrected chi connectivity index (χ2v) is 9.07. The van der Waals surface area contributed by atoms with Gasteiger partial charge in [0, 0.05) is 37.5 Å². The molecule has 160 valence electrons. The van der Waals surface area contributed by atoms with E-state index in [0.717, 1.165) is 12.2 Å². The highest BCUT2D eigenvalue weighted by atomic mass is 32.2. The molecule has 0 aromatic heterocycles. The number of hydrogen-bond acceptors (Lipinski definition) is 3. The maximum absolute atomic E-state index is 13.3. The Morgan fingerprint density at radius 1 is 0.933 bits per heavy atom. The minimum absolute atomic E-state index is 0.107. The van der Waals surface area contributed by atoms with Crippen molar-refractivity contribution in [3.63, 3.8) is 0 Å². The molecular formula is C24H29FN2O2S. The van der Waals surface area contributed by atoms with Crippen LogP contribution in [0.25, 0.3) is 0 Å². The van der Waals surface area contributed by atoms with Crippen LogP contribution in [0, 0.1) is 11.7 Å². The van der Waals surface area contributed by atoms with Gasteiger partial charge in [-0.3, -0.25) is 9.59 Å². The van der Waals surface area contributed by atoms with Crippen molar-refractivity contribution in [3.8, 4) is 0 Å². The average molecular weight is 429 g/mol. The van der Waals surface area contributed by atoms with Gasteiger partial charge in [-0.15, -0.1) is 11.8 Å². The van der Waals surface area contributed by atoms with E-state index in [-0.39, 0.29) is 28.8 Å². The molecular weight excluding hydrogens is 399 g/mol. The van der Waals surface area contributed by atoms with Crippen LogP contribution in [-0.2, 0) is 10.5 Å². The Morgan fingerprint density at radius 3 is 2.23 bits per heavy atom. The van der Waals surface area contributed by atoms with E-state index in [1.165, 1.54) is 29.8 Å². The average Bonchev–Trinajstić information content (AvgIpc) is 3.00. The quantitative estimate of drug-likeness (QED) is 0.682. The lowest BCUT2D eigenvalue weighted by Gasteiger charge is -2.28. The van der Waals surface area contributed by atoms with Crippen LogP contribution in [0.1, 0.15) is 36.2 Å². The lowest BCUT2D eigenvalue weighted by molar-refractivity contribution is -0.131. The molecule has 1 aliphatic heterocycles. The molecule has 1 saturated heterocycles. The van der Waals surface area contributed by atoms with E-state index < -0.39 is 0 Å². The number of carbonyl (C=O) groups excluding carboxylic acids is 2. The van der Waals surface area contributed by atoms with Crippen LogP contribution in [0.4, 0.5) is 4.39 Å². The van der Waals surface area contributed by atoms with Gasteiger partial charge in [-0.2, -0.15) is 0 Å². The van der Waals surface area contributed by atoms with E-state index in [9.17, 15) is 14.0 Å². The maximum atomic E-state index is 13.3. The van der Waals surface area contributed by atoms with Gasteiger partial charge in [-0.1, -0.05) is 44.2 Å². The molecule has 0 N–H and O–H groups in total. The fourth-order valence-corrected chi connectivity index (χ4v) is 4.85. The van der Waals surface area contributed by atoms with Crippen LogP contribution in [-0.4, -0.2) is 53.0 Å². The van der Waals surface area contributed by atoms with Crippen molar-refractivity contribution in [1.82, 2.24) is 9.80 Å². The molecule has 1 heterocycles. The lowest BCUT2D eigenvalue weighted by atomic mass is 10.1. The van der Waals surface area contributed by atoms with Crippen molar-refractivity contribution < 1.29 is 14.0 Å². The number of halogens is 1. The molecule has 1 aliphatic rings. The Kier molecular flexibility index (Phi) is 7.91. The summed E-state index contributed by atoms with van der Waals surface area (Å²) < 4.78 is 13.1. The summed E-state index contributed by atoms with van der Waals surface area (Å²) in [5.41, 5.74) is 1.70. The molecule has 0 saturated carbocycles. The first-order chi connectivity index (χ1) is 14.5. The monoisotopic (exact) mass is 428 g/mol. The Bertz CT molecular complexity index is 842. The molecule has 2 amide bonds. The molecule has 1 unspecified atom stereocenters. The smallest absolute Gasteiger partial charge is 0.253 e. The summed E-state index contributed by atoms with van der Waals surface area (Å²) in [6, 6.07) is 15.8. The number of nitrogens with zero attached hydrogens (tertiary/aromatic N) is 2. The van der Waals surface area contributed by atoms with Crippen LogP contribution >= 0.6 is 11.8 Å². The minimum Gasteiger partial charge on any atom is -0.340 e. The van der Waals surface area contributed by atoms with E-state index in [2.05, 4.69) is 26.0 Å². The number of thioether (sulfide) groups is 1. The highest BCUT2D eigenvalue weighted by Crippen LogP contribution is 2.26. The Morgan fingerprint density at radius 2 is 1.57 bits per heavy atom. The largest absolute Gasteiger partial charge is 0.340 e. The second-order valence-electron chi connectivity index (χ2n) is 7.94. The summed E-state index contributed by atoms with van der Waals surface area (Å²) in [5, 5.41) is -0.107. The van der Waals surface area contributed by atoms with Gasteiger partial charge in [0.2, 0.25) is 5.91 Å². The summed E-state index contributed by atoms with van der Waals surface area (Å²) in [5.74, 6) is 0.724. The summed E-state index contributed by atoms with van der Waals surface area (Å²) in [4.78, 5) is 29.7. The van der Waals surface area contributed by atoms with Gasteiger partial charge in [0.05, 0.1) is 5.25 Å². The third-order valence-electron chi connectivity index (χ3n) is 5.31. The van der Waals surface area contributed by atoms with Gasteiger partial charge in [-0.05, 0) is 42.2 Å². The predicted octanol–water partition coefficient (Wildman–Crippen LogP) is 4.46. The Labute approximate surface area is 182 Å². The summed E-state index contributed by atoms with van der Waals surface area (Å²) >= 11 is 1.69. The molecule has 6 heteroatoms. The van der Waals surface area contributed by atoms with Crippen molar-refractivity contribution >= 4 is 23.6 Å². The zero-order chi connectivity index (χ0) is 21.5. The summed E-state index contributed by atoms with van der Waals surface area (Å²) in [6.07, 6.45) is 0.743. The van der Waals surface area contributed by atoms with Gasteiger partial charge < -0.3 is 9.80 Å². The molecule has 0 bridgehead atoms. The van der Waals surface area contributed by atoms with Crippen LogP contribution < -0.4 is 0 Å². The van der Waals surface area contributed by atoms with Gasteiger partial charge >= 0.3 is 0 Å². The maximum Gasteiger partial charge on any atom is 0.253 e. The van der Waals surface area contributed by atoms with Crippen molar-refractivity contribution in [3.05, 3.63) is 71.5 Å². The Hall–Kier alpha value is -2.34. The molecule has 0 radical (unpaired) electrons. The van der Waals surface area contributed by atoms with E-state index in [0.29, 0.717) is 31.7 Å². The molecule has 3 rings (SSSR count). The third kappa shape index (κ3) is 5.85. The van der Waals surface area contributed by atoms with Crippen LogP contribution in [0.3, 0.4) is 0 Å². The first-order valence-electron chi connectivity index (χ1n) is 10.4. The van der Waals surface area contributed by atoms with Crippen LogP contribution in [0.15, 0.2) is 54.6 Å². The standard InChI is InChI=1S/C24H29FN2O2S/c1-18(2)22(30-17-19-7-4-3-5-8-19)24(29)27-14-6-13-26(15-16-27)23(28)20-9-11-21(25)12-10-20/h3-5,7-12,18,22H,6,13-17H2,1-2H3. The molecule has 2 aromatic rings. The van der Waals surface area contributed by atoms with Crippen LogP contribution in [0.5, 0.6) is 0 Å². The van der Waals surface area contributed by atoms with Gasteiger partial charge in [0.25, 0.3) is 5.91 Å². The number of amides is 2. The van der Waals surface area contributed by atoms with E-state index in [1.807, 2.05) is 23.1 Å². The first kappa shape index (κ1) is 22.3. The minimum atomic E-state index is -0.355. The lowest BCUT2D eigenvalue weighted by Crippen LogP contribution is -2.42. The number of carbonyl (C=O) groups is 2. The van der Waals surface area contributed by atoms with Crippen molar-refractivity contribution in [2.45, 2.75) is 31.3 Å². The fourth-order valence-electron chi connectivity index (χ4n) is 3.61. The number of rotatable bonds is 6. The highest BCUT2D eigenvalue weighted by molar-refractivity contribution is 7.99. The highest BCUT2D eigenvalue weighted by Gasteiger charge is 2.30. The van der Waals surface area contributed by atoms with Gasteiger partial charge in [0.1, 0.15) is 5.82 Å². The molecule has 1 atom stereocenters. The normalized spacial score (nSPS) is 15.7. The fraction of sp³-hybridized carbons (Fsp3) is 0.417.